The molecule has 2 rings (SSSR count). The molecular formula is C10H7N2O+. The zero-order valence-corrected chi connectivity index (χ0v) is 6.84. The predicted molar refractivity (Wildman–Crippen MR) is 53.7 cm³/mol. The van der Waals surface area contributed by atoms with Crippen LogP contribution >= 0.6 is 0 Å². The van der Waals surface area contributed by atoms with Crippen molar-refractivity contribution < 1.29 is 0 Å². The van der Waals surface area contributed by atoms with Crippen LogP contribution in [-0.4, -0.2) is 0 Å². The second-order valence-electron chi connectivity index (χ2n) is 2.68. The molecule has 0 aliphatic carbocycles. The van der Waals surface area contributed by atoms with Crippen molar-refractivity contribution in [3.05, 3.63) is 57.8 Å². The van der Waals surface area contributed by atoms with Gasteiger partial charge in [-0.2, -0.15) is 0 Å². The lowest BCUT2D eigenvalue weighted by Gasteiger charge is -1.89. The monoisotopic (exact) mass is 171 g/mol. The van der Waals surface area contributed by atoms with Crippen LogP contribution in [0.25, 0.3) is 20.9 Å². The first-order valence-electron chi connectivity index (χ1n) is 3.93. The summed E-state index contributed by atoms with van der Waals surface area (Å²) in [6, 6.07) is 13.3. The first kappa shape index (κ1) is 7.56. The maximum atomic E-state index is 10.0. The number of nitrogens with zero attached hydrogens (tertiary/aromatic N) is 2. The molecule has 0 unspecified atom stereocenters. The Kier molecular flexibility index (Phi) is 1.81. The van der Waals surface area contributed by atoms with E-state index in [1.165, 1.54) is 0 Å². The first-order valence-corrected chi connectivity index (χ1v) is 3.93. The minimum absolute atomic E-state index is 0.619. The lowest BCUT2D eigenvalue weighted by Crippen LogP contribution is -1.70. The fourth-order valence-corrected chi connectivity index (χ4v) is 1.34. The maximum Gasteiger partial charge on any atom is 0.438 e. The number of benzene rings is 2. The largest absolute Gasteiger partial charge is 0.438 e. The van der Waals surface area contributed by atoms with Crippen molar-refractivity contribution in [1.29, 1.82) is 0 Å². The SMILES string of the molecule is [O-][N+]#[N+]c1cccc2ccccc12. The van der Waals surface area contributed by atoms with E-state index >= 15 is 0 Å². The van der Waals surface area contributed by atoms with Crippen molar-refractivity contribution in [2.75, 3.05) is 0 Å². The smallest absolute Gasteiger partial charge is 0.428 e. The van der Waals surface area contributed by atoms with Gasteiger partial charge in [-0.3, -0.25) is 0 Å². The highest BCUT2D eigenvalue weighted by Gasteiger charge is 2.13. The van der Waals surface area contributed by atoms with Gasteiger partial charge >= 0.3 is 15.8 Å². The maximum absolute atomic E-state index is 10.0. The Hall–Kier alpha value is -2.08. The van der Waals surface area contributed by atoms with Gasteiger partial charge in [0.15, 0.2) is 0 Å². The normalized spacial score (nSPS) is 9.23. The van der Waals surface area contributed by atoms with Crippen LogP contribution in [0, 0.1) is 5.21 Å². The van der Waals surface area contributed by atoms with E-state index in [0.29, 0.717) is 5.69 Å². The minimum Gasteiger partial charge on any atom is -0.428 e. The summed E-state index contributed by atoms with van der Waals surface area (Å²) >= 11 is 0. The summed E-state index contributed by atoms with van der Waals surface area (Å²) in [6.07, 6.45) is 0. The summed E-state index contributed by atoms with van der Waals surface area (Å²) in [7, 11) is 0. The number of hydrogen-bond donors (Lipinski definition) is 0. The van der Waals surface area contributed by atoms with Crippen molar-refractivity contribution in [2.24, 2.45) is 0 Å². The average molecular weight is 171 g/mol. The van der Waals surface area contributed by atoms with Gasteiger partial charge in [0.2, 0.25) is 0 Å². The van der Waals surface area contributed by atoms with Crippen LogP contribution in [-0.2, 0) is 0 Å². The van der Waals surface area contributed by atoms with Gasteiger partial charge in [0.05, 0.1) is 5.39 Å². The molecule has 0 aliphatic heterocycles. The summed E-state index contributed by atoms with van der Waals surface area (Å²) in [5.41, 5.74) is 0.619. The molecule has 0 saturated carbocycles. The molecule has 0 radical (unpaired) electrons. The van der Waals surface area contributed by atoms with Crippen molar-refractivity contribution in [2.45, 2.75) is 0 Å². The summed E-state index contributed by atoms with van der Waals surface area (Å²) < 4.78 is 0. The number of hydrogen-bond acceptors (Lipinski definition) is 1. The van der Waals surface area contributed by atoms with Gasteiger partial charge in [0.1, 0.15) is 0 Å². The molecule has 0 fully saturated rings. The molecule has 0 aromatic heterocycles. The molecule has 0 amide bonds. The lowest BCUT2D eigenvalue weighted by atomic mass is 10.1. The molecule has 0 aliphatic rings. The van der Waals surface area contributed by atoms with Crippen LogP contribution in [0.2, 0.25) is 0 Å². The fourth-order valence-electron chi connectivity index (χ4n) is 1.34. The molecule has 3 heteroatoms. The molecule has 62 valence electrons. The summed E-state index contributed by atoms with van der Waals surface area (Å²) in [6.45, 7) is 0. The van der Waals surface area contributed by atoms with Crippen LogP contribution in [0.4, 0.5) is 5.69 Å². The van der Waals surface area contributed by atoms with Crippen LogP contribution < -0.4 is 0 Å². The van der Waals surface area contributed by atoms with Gasteiger partial charge in [-0.15, -0.1) is 0 Å². The van der Waals surface area contributed by atoms with Crippen LogP contribution in [0.1, 0.15) is 0 Å². The zero-order valence-electron chi connectivity index (χ0n) is 6.84. The molecular weight excluding hydrogens is 164 g/mol. The molecule has 13 heavy (non-hydrogen) atoms. The number of fused-ring (bicyclic) bond motifs is 1. The van der Waals surface area contributed by atoms with Crippen LogP contribution in [0.5, 0.6) is 0 Å². The first-order chi connectivity index (χ1) is 6.42. The van der Waals surface area contributed by atoms with E-state index in [-0.39, 0.29) is 0 Å². The van der Waals surface area contributed by atoms with Crippen molar-refractivity contribution in [3.63, 3.8) is 0 Å². The van der Waals surface area contributed by atoms with E-state index in [9.17, 15) is 5.21 Å². The van der Waals surface area contributed by atoms with Crippen LogP contribution in [0.3, 0.4) is 0 Å². The summed E-state index contributed by atoms with van der Waals surface area (Å²) in [5.74, 6) is 0. The Bertz CT molecular complexity index is 491. The molecule has 0 bridgehead atoms. The molecule has 0 saturated heterocycles. The predicted octanol–water partition coefficient (Wildman–Crippen LogP) is 3.63. The van der Waals surface area contributed by atoms with E-state index < -0.39 is 0 Å². The standard InChI is InChI=1S/C10H7N2O/c13-12-11-10-7-3-5-8-4-1-2-6-9(8)10/h1-7H/q+1. The topological polar surface area (TPSA) is 31.8 Å². The Morgan fingerprint density at radius 3 is 2.54 bits per heavy atom. The number of rotatable bonds is 0. The third-order valence-electron chi connectivity index (χ3n) is 1.92. The van der Waals surface area contributed by atoms with Gasteiger partial charge in [-0.25, -0.2) is 0 Å². The van der Waals surface area contributed by atoms with E-state index in [1.807, 2.05) is 36.4 Å². The summed E-state index contributed by atoms with van der Waals surface area (Å²) in [4.78, 5) is 3.50. The molecule has 0 spiro atoms. The van der Waals surface area contributed by atoms with Crippen molar-refractivity contribution >= 4 is 16.5 Å². The Balaban J connectivity index is 2.80. The summed E-state index contributed by atoms with van der Waals surface area (Å²) in [5, 5.41) is 14.5. The quantitative estimate of drug-likeness (QED) is 0.440. The van der Waals surface area contributed by atoms with E-state index in [1.54, 1.807) is 6.07 Å². The number of diazo groups is 1. The zero-order chi connectivity index (χ0) is 9.10. The Morgan fingerprint density at radius 2 is 1.69 bits per heavy atom. The van der Waals surface area contributed by atoms with E-state index in [4.69, 9.17) is 0 Å². The molecule has 0 N–H and O–H groups in total. The van der Waals surface area contributed by atoms with Gasteiger partial charge < -0.3 is 5.21 Å². The second kappa shape index (κ2) is 3.11. The fraction of sp³-hybridized carbons (Fsp3) is 0. The molecule has 0 heterocycles. The third kappa shape index (κ3) is 1.30. The second-order valence-corrected chi connectivity index (χ2v) is 2.68. The highest BCUT2D eigenvalue weighted by Crippen LogP contribution is 2.25. The molecule has 2 aromatic rings. The highest BCUT2D eigenvalue weighted by molar-refractivity contribution is 5.94. The molecule has 0 atom stereocenters. The Morgan fingerprint density at radius 1 is 0.923 bits per heavy atom. The van der Waals surface area contributed by atoms with Crippen molar-refractivity contribution in [3.8, 4) is 0 Å². The molecule has 2 aromatic carbocycles. The van der Waals surface area contributed by atoms with Gasteiger partial charge in [-0.1, -0.05) is 30.3 Å². The van der Waals surface area contributed by atoms with E-state index in [2.05, 4.69) is 10.1 Å². The molecule has 3 nitrogen and oxygen atoms in total. The van der Waals surface area contributed by atoms with Gasteiger partial charge in [-0.05, 0) is 11.5 Å². The lowest BCUT2D eigenvalue weighted by molar-refractivity contribution is 1.74. The Labute approximate surface area is 75.0 Å². The highest BCUT2D eigenvalue weighted by atomic mass is 16.4. The average Bonchev–Trinajstić information content (AvgIpc) is 2.19. The van der Waals surface area contributed by atoms with E-state index in [0.717, 1.165) is 10.8 Å². The van der Waals surface area contributed by atoms with Crippen LogP contribution in [0.15, 0.2) is 42.5 Å². The van der Waals surface area contributed by atoms with Gasteiger partial charge in [0.25, 0.3) is 0 Å². The van der Waals surface area contributed by atoms with Crippen molar-refractivity contribution in [1.82, 2.24) is 0 Å². The van der Waals surface area contributed by atoms with Gasteiger partial charge in [0, 0.05) is 6.07 Å². The third-order valence-corrected chi connectivity index (χ3v) is 1.92. The minimum atomic E-state index is 0.619.